The van der Waals surface area contributed by atoms with Crippen molar-refractivity contribution in [3.63, 3.8) is 0 Å². The highest BCUT2D eigenvalue weighted by atomic mass is 32.2. The van der Waals surface area contributed by atoms with Gasteiger partial charge in [0.1, 0.15) is 13.2 Å². The van der Waals surface area contributed by atoms with Crippen molar-refractivity contribution in [3.8, 4) is 11.5 Å². The number of imidazole rings is 1. The third kappa shape index (κ3) is 5.00. The first-order valence-corrected chi connectivity index (χ1v) is 12.7. The first-order chi connectivity index (χ1) is 15.3. The van der Waals surface area contributed by atoms with Crippen LogP contribution in [0.15, 0.2) is 46.5 Å². The molecule has 9 nitrogen and oxygen atoms in total. The number of ether oxygens (including phenoxy) is 2. The lowest BCUT2D eigenvalue weighted by atomic mass is 10.2. The maximum Gasteiger partial charge on any atom is 0.238 e. The molecule has 1 aromatic heterocycles. The number of amides is 1. The number of nitrogens with two attached hydrogens (primary N) is 1. The average Bonchev–Trinajstić information content (AvgIpc) is 3.12. The van der Waals surface area contributed by atoms with Crippen LogP contribution in [-0.2, 0) is 21.4 Å². The SMILES string of the molecule is CCCCn1c(SCC(=O)Nc2ccc3c(c2)OCCO3)nc2cc(S(N)(=O)=O)ccc21. The Kier molecular flexibility index (Phi) is 6.58. The molecule has 0 spiro atoms. The Morgan fingerprint density at radius 1 is 1.19 bits per heavy atom. The molecule has 0 saturated carbocycles. The number of nitrogens with one attached hydrogen (secondary N) is 1. The Bertz CT molecular complexity index is 1260. The van der Waals surface area contributed by atoms with Gasteiger partial charge in [0.2, 0.25) is 15.9 Å². The van der Waals surface area contributed by atoms with E-state index >= 15 is 0 Å². The third-order valence-corrected chi connectivity index (χ3v) is 6.79. The number of carbonyl (C=O) groups excluding carboxylic acids is 1. The van der Waals surface area contributed by atoms with Crippen LogP contribution < -0.4 is 19.9 Å². The predicted molar refractivity (Wildman–Crippen MR) is 123 cm³/mol. The number of thioether (sulfide) groups is 1. The maximum absolute atomic E-state index is 12.5. The van der Waals surface area contributed by atoms with Crippen molar-refractivity contribution in [2.75, 3.05) is 24.3 Å². The van der Waals surface area contributed by atoms with Crippen LogP contribution in [0.3, 0.4) is 0 Å². The number of unbranched alkanes of at least 4 members (excludes halogenated alkanes) is 1. The largest absolute Gasteiger partial charge is 0.486 e. The second-order valence-electron chi connectivity index (χ2n) is 7.29. The lowest BCUT2D eigenvalue weighted by Crippen LogP contribution is -2.17. The van der Waals surface area contributed by atoms with Crippen molar-refractivity contribution in [2.45, 2.75) is 36.4 Å². The Hall–Kier alpha value is -2.76. The molecule has 0 fully saturated rings. The molecule has 0 saturated heterocycles. The Balaban J connectivity index is 1.50. The van der Waals surface area contributed by atoms with Crippen molar-refractivity contribution >= 4 is 44.4 Å². The fourth-order valence-corrected chi connectivity index (χ4v) is 4.73. The Morgan fingerprint density at radius 3 is 2.72 bits per heavy atom. The number of aromatic nitrogens is 2. The first-order valence-electron chi connectivity index (χ1n) is 10.2. The maximum atomic E-state index is 12.5. The number of fused-ring (bicyclic) bond motifs is 2. The zero-order chi connectivity index (χ0) is 22.7. The molecule has 32 heavy (non-hydrogen) atoms. The predicted octanol–water partition coefficient (Wildman–Crippen LogP) is 2.99. The van der Waals surface area contributed by atoms with Gasteiger partial charge in [-0.05, 0) is 36.8 Å². The molecule has 4 rings (SSSR count). The van der Waals surface area contributed by atoms with Crippen LogP contribution in [-0.4, -0.2) is 42.8 Å². The van der Waals surface area contributed by atoms with E-state index in [0.717, 1.165) is 18.4 Å². The second kappa shape index (κ2) is 9.39. The summed E-state index contributed by atoms with van der Waals surface area (Å²) in [5.74, 6) is 1.22. The van der Waals surface area contributed by atoms with Gasteiger partial charge in [-0.3, -0.25) is 4.79 Å². The van der Waals surface area contributed by atoms with E-state index in [0.29, 0.717) is 47.6 Å². The standard InChI is InChI=1S/C21H24N4O5S2/c1-2-3-8-25-17-6-5-15(32(22,27)28)12-16(17)24-21(25)31-13-20(26)23-14-4-7-18-19(11-14)30-10-9-29-18/h4-7,11-12H,2-3,8-10,13H2,1H3,(H,23,26)(H2,22,27,28). The molecule has 1 aliphatic rings. The molecule has 0 unspecified atom stereocenters. The first kappa shape index (κ1) is 22.4. The lowest BCUT2D eigenvalue weighted by Gasteiger charge is -2.19. The minimum Gasteiger partial charge on any atom is -0.486 e. The third-order valence-electron chi connectivity index (χ3n) is 4.91. The van der Waals surface area contributed by atoms with Crippen LogP contribution in [0.2, 0.25) is 0 Å². The number of nitrogens with zero attached hydrogens (tertiary/aromatic N) is 2. The van der Waals surface area contributed by atoms with Crippen LogP contribution in [0.4, 0.5) is 5.69 Å². The van der Waals surface area contributed by atoms with Gasteiger partial charge in [0.15, 0.2) is 16.7 Å². The lowest BCUT2D eigenvalue weighted by molar-refractivity contribution is -0.113. The minimum atomic E-state index is -3.82. The summed E-state index contributed by atoms with van der Waals surface area (Å²) in [5, 5.41) is 8.76. The average molecular weight is 477 g/mol. The molecular weight excluding hydrogens is 452 g/mol. The molecule has 1 aliphatic heterocycles. The van der Waals surface area contributed by atoms with E-state index in [2.05, 4.69) is 17.2 Å². The molecule has 2 aromatic carbocycles. The quantitative estimate of drug-likeness (QED) is 0.479. The van der Waals surface area contributed by atoms with Gasteiger partial charge < -0.3 is 19.4 Å². The highest BCUT2D eigenvalue weighted by Crippen LogP contribution is 2.33. The van der Waals surface area contributed by atoms with E-state index in [1.54, 1.807) is 24.3 Å². The topological polar surface area (TPSA) is 126 Å². The molecular formula is C21H24N4O5S2. The van der Waals surface area contributed by atoms with Crippen molar-refractivity contribution in [2.24, 2.45) is 5.14 Å². The Morgan fingerprint density at radius 2 is 1.97 bits per heavy atom. The van der Waals surface area contributed by atoms with Gasteiger partial charge in [0.05, 0.1) is 21.7 Å². The van der Waals surface area contributed by atoms with Crippen molar-refractivity contribution in [3.05, 3.63) is 36.4 Å². The summed E-state index contributed by atoms with van der Waals surface area (Å²) in [5.41, 5.74) is 1.96. The highest BCUT2D eigenvalue weighted by Gasteiger charge is 2.17. The monoisotopic (exact) mass is 476 g/mol. The summed E-state index contributed by atoms with van der Waals surface area (Å²) in [6, 6.07) is 9.92. The number of hydrogen-bond donors (Lipinski definition) is 2. The summed E-state index contributed by atoms with van der Waals surface area (Å²) in [6.07, 6.45) is 1.92. The van der Waals surface area contributed by atoms with E-state index < -0.39 is 10.0 Å². The van der Waals surface area contributed by atoms with Gasteiger partial charge in [-0.1, -0.05) is 25.1 Å². The van der Waals surface area contributed by atoms with Gasteiger partial charge >= 0.3 is 0 Å². The number of carbonyl (C=O) groups is 1. The molecule has 1 amide bonds. The van der Waals surface area contributed by atoms with E-state index in [1.807, 2.05) is 4.57 Å². The summed E-state index contributed by atoms with van der Waals surface area (Å²) in [6.45, 7) is 3.79. The summed E-state index contributed by atoms with van der Waals surface area (Å²) in [7, 11) is -3.82. The molecule has 0 radical (unpaired) electrons. The molecule has 3 aromatic rings. The van der Waals surface area contributed by atoms with Gasteiger partial charge in [-0.25, -0.2) is 18.5 Å². The van der Waals surface area contributed by atoms with Crippen LogP contribution in [0, 0.1) is 0 Å². The smallest absolute Gasteiger partial charge is 0.238 e. The van der Waals surface area contributed by atoms with Crippen LogP contribution >= 0.6 is 11.8 Å². The van der Waals surface area contributed by atoms with Gasteiger partial charge in [-0.15, -0.1) is 0 Å². The number of sulfonamides is 1. The zero-order valence-electron chi connectivity index (χ0n) is 17.5. The second-order valence-corrected chi connectivity index (χ2v) is 9.79. The van der Waals surface area contributed by atoms with Crippen molar-refractivity contribution < 1.29 is 22.7 Å². The van der Waals surface area contributed by atoms with E-state index in [1.165, 1.54) is 23.9 Å². The summed E-state index contributed by atoms with van der Waals surface area (Å²) < 4.78 is 36.4. The number of anilines is 1. The fraction of sp³-hybridized carbons (Fsp3) is 0.333. The molecule has 170 valence electrons. The molecule has 11 heteroatoms. The molecule has 0 aliphatic carbocycles. The Labute approximate surface area is 190 Å². The highest BCUT2D eigenvalue weighted by molar-refractivity contribution is 7.99. The number of benzene rings is 2. The summed E-state index contributed by atoms with van der Waals surface area (Å²) in [4.78, 5) is 17.1. The normalized spacial score (nSPS) is 13.3. The molecule has 0 atom stereocenters. The van der Waals surface area contributed by atoms with E-state index in [4.69, 9.17) is 14.6 Å². The number of rotatable bonds is 8. The number of aryl methyl sites for hydroxylation is 1. The van der Waals surface area contributed by atoms with Gasteiger partial charge in [-0.2, -0.15) is 0 Å². The molecule has 0 bridgehead atoms. The van der Waals surface area contributed by atoms with Crippen molar-refractivity contribution in [1.29, 1.82) is 0 Å². The van der Waals surface area contributed by atoms with E-state index in [9.17, 15) is 13.2 Å². The molecule has 3 N–H and O–H groups in total. The van der Waals surface area contributed by atoms with Gasteiger partial charge in [0.25, 0.3) is 0 Å². The summed E-state index contributed by atoms with van der Waals surface area (Å²) >= 11 is 1.30. The number of primary sulfonamides is 1. The fourth-order valence-electron chi connectivity index (χ4n) is 3.36. The van der Waals surface area contributed by atoms with Gasteiger partial charge in [0, 0.05) is 18.3 Å². The molecule has 2 heterocycles. The zero-order valence-corrected chi connectivity index (χ0v) is 19.2. The van der Waals surface area contributed by atoms with Crippen LogP contribution in [0.25, 0.3) is 11.0 Å². The minimum absolute atomic E-state index is 0.0121. The number of hydrogen-bond acceptors (Lipinski definition) is 7. The van der Waals surface area contributed by atoms with E-state index in [-0.39, 0.29) is 16.6 Å². The van der Waals surface area contributed by atoms with Crippen LogP contribution in [0.5, 0.6) is 11.5 Å². The van der Waals surface area contributed by atoms with Crippen molar-refractivity contribution in [1.82, 2.24) is 9.55 Å². The van der Waals surface area contributed by atoms with Crippen LogP contribution in [0.1, 0.15) is 19.8 Å².